The van der Waals surface area contributed by atoms with E-state index in [1.165, 1.54) is 6.07 Å². The van der Waals surface area contributed by atoms with Crippen LogP contribution in [-0.4, -0.2) is 38.8 Å². The number of aryl methyl sites for hydroxylation is 1. The fraction of sp³-hybridized carbons (Fsp3) is 0.588. The Labute approximate surface area is 133 Å². The van der Waals surface area contributed by atoms with Crippen LogP contribution in [0.4, 0.5) is 4.39 Å². The third-order valence-electron chi connectivity index (χ3n) is 3.26. The Hall–Kier alpha value is -1.62. The molecule has 5 heteroatoms. The number of hydrogen-bond acceptors (Lipinski definition) is 2. The van der Waals surface area contributed by atoms with Gasteiger partial charge in [-0.15, -0.1) is 0 Å². The lowest BCUT2D eigenvalue weighted by atomic mass is 10.1. The quantitative estimate of drug-likeness (QED) is 0.419. The van der Waals surface area contributed by atoms with Gasteiger partial charge in [-0.05, 0) is 56.9 Å². The van der Waals surface area contributed by atoms with Crippen LogP contribution in [0.2, 0.25) is 0 Å². The van der Waals surface area contributed by atoms with E-state index in [9.17, 15) is 4.39 Å². The molecule has 0 aliphatic carbocycles. The van der Waals surface area contributed by atoms with E-state index in [-0.39, 0.29) is 5.82 Å². The van der Waals surface area contributed by atoms with Gasteiger partial charge in [0, 0.05) is 32.8 Å². The minimum absolute atomic E-state index is 0.182. The first-order valence-electron chi connectivity index (χ1n) is 8.02. The number of aliphatic imine (C=N–C) groups is 1. The van der Waals surface area contributed by atoms with Crippen LogP contribution in [0.1, 0.15) is 31.4 Å². The Bertz CT molecular complexity index is 463. The lowest BCUT2D eigenvalue weighted by Crippen LogP contribution is -2.38. The van der Waals surface area contributed by atoms with Gasteiger partial charge in [0.2, 0.25) is 0 Å². The number of hydrogen-bond donors (Lipinski definition) is 2. The molecule has 0 fully saturated rings. The maximum Gasteiger partial charge on any atom is 0.191 e. The monoisotopic (exact) mass is 309 g/mol. The van der Waals surface area contributed by atoms with Gasteiger partial charge in [-0.3, -0.25) is 4.99 Å². The van der Waals surface area contributed by atoms with E-state index in [2.05, 4.69) is 15.6 Å². The van der Waals surface area contributed by atoms with Crippen molar-refractivity contribution in [2.24, 2.45) is 4.99 Å². The predicted molar refractivity (Wildman–Crippen MR) is 89.9 cm³/mol. The predicted octanol–water partition coefficient (Wildman–Crippen LogP) is 2.66. The van der Waals surface area contributed by atoms with E-state index in [1.807, 2.05) is 26.8 Å². The molecule has 0 atom stereocenters. The first kappa shape index (κ1) is 18.4. The van der Waals surface area contributed by atoms with Crippen LogP contribution in [0.5, 0.6) is 0 Å². The van der Waals surface area contributed by atoms with Gasteiger partial charge in [0.25, 0.3) is 0 Å². The molecule has 0 saturated carbocycles. The van der Waals surface area contributed by atoms with E-state index >= 15 is 0 Å². The molecule has 0 saturated heterocycles. The van der Waals surface area contributed by atoms with Crippen LogP contribution in [-0.2, 0) is 11.2 Å². The Morgan fingerprint density at radius 1 is 1.27 bits per heavy atom. The second kappa shape index (κ2) is 11.0. The third kappa shape index (κ3) is 7.41. The highest BCUT2D eigenvalue weighted by atomic mass is 19.1. The molecular weight excluding hydrogens is 281 g/mol. The van der Waals surface area contributed by atoms with Crippen molar-refractivity contribution in [3.63, 3.8) is 0 Å². The van der Waals surface area contributed by atoms with Gasteiger partial charge in [-0.25, -0.2) is 4.39 Å². The molecule has 1 aromatic rings. The summed E-state index contributed by atoms with van der Waals surface area (Å²) in [7, 11) is 0. The molecule has 0 bridgehead atoms. The SMILES string of the molecule is CCNC(=NCCCOCC)NCCc1ccc(F)cc1C. The Balaban J connectivity index is 2.38. The molecule has 1 rings (SSSR count). The summed E-state index contributed by atoms with van der Waals surface area (Å²) in [6.45, 7) is 9.80. The van der Waals surface area contributed by atoms with Crippen LogP contribution in [0.15, 0.2) is 23.2 Å². The topological polar surface area (TPSA) is 45.7 Å². The second-order valence-electron chi connectivity index (χ2n) is 5.06. The molecular formula is C17H28FN3O. The highest BCUT2D eigenvalue weighted by Gasteiger charge is 2.01. The molecule has 0 radical (unpaired) electrons. The van der Waals surface area contributed by atoms with Crippen molar-refractivity contribution in [3.8, 4) is 0 Å². The van der Waals surface area contributed by atoms with E-state index in [4.69, 9.17) is 4.74 Å². The lowest BCUT2D eigenvalue weighted by Gasteiger charge is -2.12. The summed E-state index contributed by atoms with van der Waals surface area (Å²) in [5.41, 5.74) is 2.14. The van der Waals surface area contributed by atoms with Crippen molar-refractivity contribution in [2.75, 3.05) is 32.8 Å². The summed E-state index contributed by atoms with van der Waals surface area (Å²) in [5.74, 6) is 0.636. The van der Waals surface area contributed by atoms with Gasteiger partial charge >= 0.3 is 0 Å². The van der Waals surface area contributed by atoms with Crippen molar-refractivity contribution in [1.82, 2.24) is 10.6 Å². The van der Waals surface area contributed by atoms with Crippen molar-refractivity contribution >= 4 is 5.96 Å². The van der Waals surface area contributed by atoms with Crippen LogP contribution in [0.25, 0.3) is 0 Å². The zero-order valence-corrected chi connectivity index (χ0v) is 13.9. The summed E-state index contributed by atoms with van der Waals surface area (Å²) < 4.78 is 18.4. The summed E-state index contributed by atoms with van der Waals surface area (Å²) in [6.07, 6.45) is 1.76. The molecule has 1 aromatic carbocycles. The smallest absolute Gasteiger partial charge is 0.191 e. The molecule has 4 nitrogen and oxygen atoms in total. The minimum Gasteiger partial charge on any atom is -0.382 e. The normalized spacial score (nSPS) is 11.5. The lowest BCUT2D eigenvalue weighted by molar-refractivity contribution is 0.146. The van der Waals surface area contributed by atoms with Crippen LogP contribution >= 0.6 is 0 Å². The van der Waals surface area contributed by atoms with E-state index in [1.54, 1.807) is 6.07 Å². The van der Waals surface area contributed by atoms with Crippen molar-refractivity contribution in [1.29, 1.82) is 0 Å². The van der Waals surface area contributed by atoms with Gasteiger partial charge in [-0.1, -0.05) is 6.07 Å². The molecule has 0 amide bonds. The number of nitrogens with zero attached hydrogens (tertiary/aromatic N) is 1. The maximum absolute atomic E-state index is 13.1. The highest BCUT2D eigenvalue weighted by Crippen LogP contribution is 2.10. The maximum atomic E-state index is 13.1. The van der Waals surface area contributed by atoms with Crippen LogP contribution in [0.3, 0.4) is 0 Å². The van der Waals surface area contributed by atoms with Gasteiger partial charge < -0.3 is 15.4 Å². The molecule has 0 heterocycles. The highest BCUT2D eigenvalue weighted by molar-refractivity contribution is 5.79. The molecule has 2 N–H and O–H groups in total. The molecule has 124 valence electrons. The van der Waals surface area contributed by atoms with E-state index in [0.717, 1.165) is 62.8 Å². The number of guanidine groups is 1. The van der Waals surface area contributed by atoms with Crippen molar-refractivity contribution < 1.29 is 9.13 Å². The largest absolute Gasteiger partial charge is 0.382 e. The number of ether oxygens (including phenoxy) is 1. The second-order valence-corrected chi connectivity index (χ2v) is 5.06. The fourth-order valence-corrected chi connectivity index (χ4v) is 2.10. The Morgan fingerprint density at radius 2 is 2.09 bits per heavy atom. The summed E-state index contributed by atoms with van der Waals surface area (Å²) in [6, 6.07) is 4.93. The first-order chi connectivity index (χ1) is 10.7. The summed E-state index contributed by atoms with van der Waals surface area (Å²) in [5, 5.41) is 6.53. The van der Waals surface area contributed by atoms with Gasteiger partial charge in [-0.2, -0.15) is 0 Å². The number of nitrogens with one attached hydrogen (secondary N) is 2. The molecule has 0 aliphatic rings. The first-order valence-corrected chi connectivity index (χ1v) is 8.02. The average Bonchev–Trinajstić information content (AvgIpc) is 2.49. The summed E-state index contributed by atoms with van der Waals surface area (Å²) >= 11 is 0. The van der Waals surface area contributed by atoms with Crippen LogP contribution in [0, 0.1) is 12.7 Å². The Kier molecular flexibility index (Phi) is 9.23. The van der Waals surface area contributed by atoms with Crippen LogP contribution < -0.4 is 10.6 Å². The van der Waals surface area contributed by atoms with Gasteiger partial charge in [0.05, 0.1) is 0 Å². The molecule has 0 unspecified atom stereocenters. The Morgan fingerprint density at radius 3 is 2.77 bits per heavy atom. The fourth-order valence-electron chi connectivity index (χ4n) is 2.10. The zero-order chi connectivity index (χ0) is 16.2. The third-order valence-corrected chi connectivity index (χ3v) is 3.26. The number of rotatable bonds is 9. The van der Waals surface area contributed by atoms with Crippen molar-refractivity contribution in [3.05, 3.63) is 35.1 Å². The van der Waals surface area contributed by atoms with Crippen molar-refractivity contribution in [2.45, 2.75) is 33.6 Å². The zero-order valence-electron chi connectivity index (χ0n) is 13.9. The summed E-state index contributed by atoms with van der Waals surface area (Å²) in [4.78, 5) is 4.51. The van der Waals surface area contributed by atoms with E-state index in [0.29, 0.717) is 0 Å². The minimum atomic E-state index is -0.182. The van der Waals surface area contributed by atoms with Gasteiger partial charge in [0.1, 0.15) is 5.82 Å². The number of halogens is 1. The van der Waals surface area contributed by atoms with Gasteiger partial charge in [0.15, 0.2) is 5.96 Å². The average molecular weight is 309 g/mol. The van der Waals surface area contributed by atoms with E-state index < -0.39 is 0 Å². The molecule has 0 spiro atoms. The number of benzene rings is 1. The molecule has 0 aliphatic heterocycles. The standard InChI is InChI=1S/C17H28FN3O/c1-4-19-17(20-10-6-12-22-5-2)21-11-9-15-7-8-16(18)13-14(15)3/h7-8,13H,4-6,9-12H2,1-3H3,(H2,19,20,21). The molecule has 0 aromatic heterocycles. The molecule has 22 heavy (non-hydrogen) atoms.